The van der Waals surface area contributed by atoms with Gasteiger partial charge in [-0.15, -0.1) is 0 Å². The maximum absolute atomic E-state index is 12.7. The molecule has 5 heteroatoms. The Morgan fingerprint density at radius 1 is 1.00 bits per heavy atom. The van der Waals surface area contributed by atoms with Crippen molar-refractivity contribution >= 4 is 29.3 Å². The lowest BCUT2D eigenvalue weighted by molar-refractivity contribution is 0.102. The summed E-state index contributed by atoms with van der Waals surface area (Å²) in [5.74, 6) is -0.152. The average molecular weight is 444 g/mol. The van der Waals surface area contributed by atoms with Crippen molar-refractivity contribution in [2.24, 2.45) is 0 Å². The van der Waals surface area contributed by atoms with Crippen LogP contribution in [0.25, 0.3) is 17.3 Å². The van der Waals surface area contributed by atoms with Gasteiger partial charge in [-0.25, -0.2) is 0 Å². The first-order valence-electron chi connectivity index (χ1n) is 11.2. The van der Waals surface area contributed by atoms with E-state index in [1.807, 2.05) is 36.4 Å². The molecule has 4 nitrogen and oxygen atoms in total. The van der Waals surface area contributed by atoms with Crippen LogP contribution < -0.4 is 5.32 Å². The van der Waals surface area contributed by atoms with Gasteiger partial charge in [-0.3, -0.25) is 14.7 Å². The molecule has 0 saturated carbocycles. The van der Waals surface area contributed by atoms with Crippen LogP contribution in [0.2, 0.25) is 5.02 Å². The predicted octanol–water partition coefficient (Wildman–Crippen LogP) is 6.08. The zero-order chi connectivity index (χ0) is 21.9. The number of benzene rings is 2. The number of pyridine rings is 1. The van der Waals surface area contributed by atoms with Gasteiger partial charge in [-0.1, -0.05) is 41.4 Å². The molecular weight excluding hydrogens is 418 g/mol. The number of likely N-dealkylation sites (tertiary alicyclic amines) is 1. The minimum Gasteiger partial charge on any atom is -0.322 e. The molecule has 3 aromatic rings. The molecule has 0 atom stereocenters. The Labute approximate surface area is 193 Å². The predicted molar refractivity (Wildman–Crippen MR) is 131 cm³/mol. The first-order chi connectivity index (χ1) is 15.6. The molecule has 32 heavy (non-hydrogen) atoms. The molecule has 2 aliphatic rings. The highest BCUT2D eigenvalue weighted by Crippen LogP contribution is 2.28. The molecule has 1 N–H and O–H groups in total. The first kappa shape index (κ1) is 20.9. The van der Waals surface area contributed by atoms with E-state index in [0.717, 1.165) is 36.3 Å². The summed E-state index contributed by atoms with van der Waals surface area (Å²) in [6.07, 6.45) is 8.72. The third-order valence-electron chi connectivity index (χ3n) is 6.27. The lowest BCUT2D eigenvalue weighted by Crippen LogP contribution is -2.23. The number of fused-ring (bicyclic) bond motifs is 1. The molecule has 0 unspecified atom stereocenters. The lowest BCUT2D eigenvalue weighted by atomic mass is 9.91. The third kappa shape index (κ3) is 4.77. The van der Waals surface area contributed by atoms with Gasteiger partial charge in [0, 0.05) is 29.0 Å². The Hall–Kier alpha value is -2.95. The van der Waals surface area contributed by atoms with Crippen molar-refractivity contribution in [3.8, 4) is 11.3 Å². The van der Waals surface area contributed by atoms with Gasteiger partial charge in [0.2, 0.25) is 0 Å². The van der Waals surface area contributed by atoms with Gasteiger partial charge in [0.15, 0.2) is 0 Å². The van der Waals surface area contributed by atoms with E-state index in [4.69, 9.17) is 11.6 Å². The Morgan fingerprint density at radius 3 is 2.56 bits per heavy atom. The highest BCUT2D eigenvalue weighted by molar-refractivity contribution is 6.30. The van der Waals surface area contributed by atoms with Crippen LogP contribution in [-0.2, 0) is 6.42 Å². The van der Waals surface area contributed by atoms with Crippen LogP contribution in [0.15, 0.2) is 66.4 Å². The topological polar surface area (TPSA) is 45.2 Å². The monoisotopic (exact) mass is 443 g/mol. The minimum absolute atomic E-state index is 0.152. The van der Waals surface area contributed by atoms with Gasteiger partial charge >= 0.3 is 0 Å². The van der Waals surface area contributed by atoms with Crippen molar-refractivity contribution < 1.29 is 4.79 Å². The van der Waals surface area contributed by atoms with Crippen LogP contribution in [0.5, 0.6) is 0 Å². The molecule has 2 heterocycles. The lowest BCUT2D eigenvalue weighted by Gasteiger charge is -2.22. The van der Waals surface area contributed by atoms with Crippen molar-refractivity contribution in [3.05, 3.63) is 88.1 Å². The standard InChI is InChI=1S/C27H26ClN3O/c28-24-9-5-20(6-10-24)26-12-8-23(17-29-26)27(32)30-25-11-7-21-15-19(3-4-22(21)16-25)18-31-13-1-2-14-31/h5-12,15-17H,1-4,13-14,18H2,(H,30,32). The third-order valence-corrected chi connectivity index (χ3v) is 6.52. The summed E-state index contributed by atoms with van der Waals surface area (Å²) in [4.78, 5) is 19.7. The highest BCUT2D eigenvalue weighted by atomic mass is 35.5. The van der Waals surface area contributed by atoms with E-state index in [0.29, 0.717) is 10.6 Å². The number of rotatable bonds is 5. The Morgan fingerprint density at radius 2 is 1.81 bits per heavy atom. The van der Waals surface area contributed by atoms with Crippen LogP contribution in [0, 0.1) is 0 Å². The number of hydrogen-bond acceptors (Lipinski definition) is 3. The van der Waals surface area contributed by atoms with Crippen molar-refractivity contribution in [2.75, 3.05) is 25.0 Å². The normalized spacial score (nSPS) is 15.8. The molecule has 1 amide bonds. The van der Waals surface area contributed by atoms with E-state index in [1.54, 1.807) is 12.3 Å². The second kappa shape index (κ2) is 9.27. The van der Waals surface area contributed by atoms with Gasteiger partial charge in [0.05, 0.1) is 11.3 Å². The summed E-state index contributed by atoms with van der Waals surface area (Å²) in [6.45, 7) is 3.55. The van der Waals surface area contributed by atoms with E-state index in [-0.39, 0.29) is 5.91 Å². The molecule has 0 spiro atoms. The largest absolute Gasteiger partial charge is 0.322 e. The van der Waals surface area contributed by atoms with Crippen LogP contribution in [0.1, 0.15) is 40.7 Å². The molecule has 2 aromatic carbocycles. The summed E-state index contributed by atoms with van der Waals surface area (Å²) >= 11 is 5.95. The number of amides is 1. The summed E-state index contributed by atoms with van der Waals surface area (Å²) in [5, 5.41) is 3.71. The number of anilines is 1. The van der Waals surface area contributed by atoms with E-state index in [1.165, 1.54) is 42.6 Å². The molecule has 0 bridgehead atoms. The summed E-state index contributed by atoms with van der Waals surface area (Å²) < 4.78 is 0. The Balaban J connectivity index is 1.25. The molecule has 1 aliphatic carbocycles. The van der Waals surface area contributed by atoms with Gasteiger partial charge in [0.25, 0.3) is 5.91 Å². The quantitative estimate of drug-likeness (QED) is 0.519. The second-order valence-corrected chi connectivity index (χ2v) is 9.03. The molecular formula is C27H26ClN3O. The fraction of sp³-hybridized carbons (Fsp3) is 0.259. The Bertz CT molecular complexity index is 1150. The number of nitrogens with zero attached hydrogens (tertiary/aromatic N) is 2. The minimum atomic E-state index is -0.152. The van der Waals surface area contributed by atoms with Crippen LogP contribution in [0.4, 0.5) is 5.69 Å². The number of carbonyl (C=O) groups is 1. The SMILES string of the molecule is O=C(Nc1ccc2c(c1)CCC(CN1CCCC1)=C2)c1ccc(-c2ccc(Cl)cc2)nc1. The summed E-state index contributed by atoms with van der Waals surface area (Å²) in [5.41, 5.74) is 7.22. The summed E-state index contributed by atoms with van der Waals surface area (Å²) in [7, 11) is 0. The first-order valence-corrected chi connectivity index (χ1v) is 11.6. The van der Waals surface area contributed by atoms with E-state index in [2.05, 4.69) is 33.4 Å². The van der Waals surface area contributed by atoms with Crippen molar-refractivity contribution in [3.63, 3.8) is 0 Å². The van der Waals surface area contributed by atoms with Crippen LogP contribution >= 0.6 is 11.6 Å². The van der Waals surface area contributed by atoms with Crippen molar-refractivity contribution in [2.45, 2.75) is 25.7 Å². The smallest absolute Gasteiger partial charge is 0.257 e. The van der Waals surface area contributed by atoms with E-state index >= 15 is 0 Å². The second-order valence-electron chi connectivity index (χ2n) is 8.59. The van der Waals surface area contributed by atoms with Crippen LogP contribution in [-0.4, -0.2) is 35.4 Å². The number of hydrogen-bond donors (Lipinski definition) is 1. The maximum atomic E-state index is 12.7. The number of halogens is 1. The maximum Gasteiger partial charge on any atom is 0.257 e. The molecule has 0 radical (unpaired) electrons. The van der Waals surface area contributed by atoms with Crippen molar-refractivity contribution in [1.82, 2.24) is 9.88 Å². The zero-order valence-electron chi connectivity index (χ0n) is 18.0. The number of aryl methyl sites for hydroxylation is 1. The van der Waals surface area contributed by atoms with Gasteiger partial charge in [-0.05, 0) is 86.3 Å². The molecule has 1 fully saturated rings. The highest BCUT2D eigenvalue weighted by Gasteiger charge is 2.17. The Kier molecular flexibility index (Phi) is 6.06. The molecule has 1 aromatic heterocycles. The molecule has 1 saturated heterocycles. The molecule has 162 valence electrons. The van der Waals surface area contributed by atoms with Crippen molar-refractivity contribution in [1.29, 1.82) is 0 Å². The number of nitrogens with one attached hydrogen (secondary N) is 1. The fourth-order valence-corrected chi connectivity index (χ4v) is 4.63. The zero-order valence-corrected chi connectivity index (χ0v) is 18.7. The summed E-state index contributed by atoms with van der Waals surface area (Å²) in [6, 6.07) is 17.4. The average Bonchev–Trinajstić information content (AvgIpc) is 3.33. The number of carbonyl (C=O) groups excluding carboxylic acids is 1. The van der Waals surface area contributed by atoms with Gasteiger partial charge < -0.3 is 5.32 Å². The van der Waals surface area contributed by atoms with E-state index < -0.39 is 0 Å². The molecule has 1 aliphatic heterocycles. The van der Waals surface area contributed by atoms with Gasteiger partial charge in [-0.2, -0.15) is 0 Å². The number of aromatic nitrogens is 1. The van der Waals surface area contributed by atoms with Gasteiger partial charge in [0.1, 0.15) is 0 Å². The molecule has 5 rings (SSSR count). The fourth-order valence-electron chi connectivity index (χ4n) is 4.50. The van der Waals surface area contributed by atoms with E-state index in [9.17, 15) is 4.79 Å². The van der Waals surface area contributed by atoms with Crippen LogP contribution in [0.3, 0.4) is 0 Å².